The first-order valence-electron chi connectivity index (χ1n) is 11.9. The first-order valence-corrected chi connectivity index (χ1v) is 13.4. The zero-order chi connectivity index (χ0) is 28.4. The number of alkyl halides is 1. The van der Waals surface area contributed by atoms with Crippen LogP contribution in [0.2, 0.25) is 0 Å². The Bertz CT molecular complexity index is 1240. The number of carbonyl (C=O) groups excluding carboxylic acids is 2. The number of nitrogens with two attached hydrogens (primary N) is 1. The number of amidine groups is 1. The number of nitrogen functional groups attached to an aromatic ring is 1. The van der Waals surface area contributed by atoms with Crippen LogP contribution >= 0.6 is 0 Å². The van der Waals surface area contributed by atoms with E-state index in [2.05, 4.69) is 4.99 Å². The van der Waals surface area contributed by atoms with Crippen LogP contribution < -0.4 is 5.73 Å². The number of hydrogen-bond donors (Lipinski definition) is 1. The first-order chi connectivity index (χ1) is 16.6. The summed E-state index contributed by atoms with van der Waals surface area (Å²) < 4.78 is 68.8. The fourth-order valence-corrected chi connectivity index (χ4v) is 7.35. The number of aliphatic imine (C=N–C) groups is 1. The van der Waals surface area contributed by atoms with E-state index in [4.69, 9.17) is 15.2 Å². The maximum Gasteiger partial charge on any atom is 0.425 e. The smallest absolute Gasteiger partial charge is 0.425 e. The summed E-state index contributed by atoms with van der Waals surface area (Å²) >= 11 is 0. The van der Waals surface area contributed by atoms with Crippen molar-refractivity contribution < 1.29 is 36.3 Å². The molecule has 2 bridgehead atoms. The largest absolute Gasteiger partial charge is 0.443 e. The number of sulfone groups is 1. The van der Waals surface area contributed by atoms with E-state index in [9.17, 15) is 18.0 Å². The minimum atomic E-state index is -4.86. The molecule has 2 amide bonds. The molecule has 0 spiro atoms. The van der Waals surface area contributed by atoms with E-state index in [1.807, 2.05) is 0 Å². The molecule has 1 aromatic carbocycles. The summed E-state index contributed by atoms with van der Waals surface area (Å²) in [7, 11) is -4.86. The van der Waals surface area contributed by atoms with Crippen LogP contribution in [0.1, 0.15) is 80.2 Å². The monoisotopic (exact) mass is 543 g/mol. The number of fused-ring (bicyclic) bond motifs is 2. The number of rotatable bonds is 1. The maximum absolute atomic E-state index is 16.9. The Labute approximate surface area is 216 Å². The summed E-state index contributed by atoms with van der Waals surface area (Å²) in [5.41, 5.74) is 0.888. The van der Waals surface area contributed by atoms with Gasteiger partial charge in [0.2, 0.25) is 14.8 Å². The van der Waals surface area contributed by atoms with Crippen molar-refractivity contribution in [1.82, 2.24) is 4.90 Å². The van der Waals surface area contributed by atoms with Gasteiger partial charge >= 0.3 is 12.2 Å². The van der Waals surface area contributed by atoms with E-state index >= 15 is 8.78 Å². The van der Waals surface area contributed by atoms with Gasteiger partial charge in [0, 0.05) is 11.3 Å². The summed E-state index contributed by atoms with van der Waals surface area (Å²) in [4.78, 5) is 31.6. The van der Waals surface area contributed by atoms with E-state index < -0.39 is 72.1 Å². The van der Waals surface area contributed by atoms with E-state index in [1.54, 1.807) is 41.5 Å². The van der Waals surface area contributed by atoms with Gasteiger partial charge in [-0.05, 0) is 92.9 Å². The molecule has 2 N–H and O–H groups in total. The molecule has 0 aliphatic carbocycles. The number of nitrogens with zero attached hydrogens (tertiary/aromatic N) is 2. The van der Waals surface area contributed by atoms with E-state index in [0.29, 0.717) is 4.90 Å². The number of benzene rings is 1. The van der Waals surface area contributed by atoms with Crippen LogP contribution in [-0.2, 0) is 24.8 Å². The molecule has 1 saturated heterocycles. The third-order valence-electron chi connectivity index (χ3n) is 6.58. The lowest BCUT2D eigenvalue weighted by Crippen LogP contribution is -2.70. The van der Waals surface area contributed by atoms with Crippen molar-refractivity contribution in [2.45, 2.75) is 101 Å². The number of carbonyl (C=O) groups is 2. The second kappa shape index (κ2) is 8.64. The highest BCUT2D eigenvalue weighted by Crippen LogP contribution is 2.58. The van der Waals surface area contributed by atoms with Gasteiger partial charge in [-0.2, -0.15) is 4.90 Å². The summed E-state index contributed by atoms with van der Waals surface area (Å²) in [5.74, 6) is -1.55. The normalized spacial score (nSPS) is 29.2. The SMILES string of the molecule is CC(C)(C)OC(=O)N(C(=O)OC(C)(C)C)C1=N[C@](C)(c2cc(N)ccc2F)[C@]2(F)CCC[C@@]1(C)S2(=O)=O. The minimum Gasteiger partial charge on any atom is -0.443 e. The van der Waals surface area contributed by atoms with Crippen LogP contribution in [0.15, 0.2) is 23.2 Å². The number of amides is 2. The number of halogens is 2. The first kappa shape index (κ1) is 28.8. The van der Waals surface area contributed by atoms with Crippen LogP contribution in [0.3, 0.4) is 0 Å². The maximum atomic E-state index is 16.9. The number of ether oxygens (including phenoxy) is 2. The van der Waals surface area contributed by atoms with Crippen molar-refractivity contribution in [2.24, 2.45) is 4.99 Å². The molecule has 0 saturated carbocycles. The quantitative estimate of drug-likeness (QED) is 0.480. The lowest BCUT2D eigenvalue weighted by molar-refractivity contribution is 0.0128. The van der Waals surface area contributed by atoms with Crippen molar-refractivity contribution in [3.63, 3.8) is 0 Å². The third kappa shape index (κ3) is 4.57. The molecule has 2 heterocycles. The molecule has 0 unspecified atom stereocenters. The Morgan fingerprint density at radius 1 is 1.03 bits per heavy atom. The molecule has 3 rings (SSSR count). The molecule has 0 aromatic heterocycles. The fourth-order valence-electron chi connectivity index (χ4n) is 4.76. The Morgan fingerprint density at radius 2 is 1.54 bits per heavy atom. The zero-order valence-corrected chi connectivity index (χ0v) is 23.3. The number of imide groups is 1. The predicted octanol–water partition coefficient (Wildman–Crippen LogP) is 5.23. The zero-order valence-electron chi connectivity index (χ0n) is 22.4. The Morgan fingerprint density at radius 3 is 2.03 bits per heavy atom. The second-order valence-electron chi connectivity index (χ2n) is 11.9. The molecular weight excluding hydrogens is 508 g/mol. The molecule has 37 heavy (non-hydrogen) atoms. The van der Waals surface area contributed by atoms with Gasteiger partial charge in [0.05, 0.1) is 0 Å². The van der Waals surface area contributed by atoms with Crippen molar-refractivity contribution in [1.29, 1.82) is 0 Å². The van der Waals surface area contributed by atoms with Gasteiger partial charge in [-0.15, -0.1) is 0 Å². The molecule has 2 aliphatic heterocycles. The Balaban J connectivity index is 2.41. The summed E-state index contributed by atoms with van der Waals surface area (Å²) in [6.07, 6.45) is -3.07. The van der Waals surface area contributed by atoms with Gasteiger partial charge in [-0.3, -0.25) is 4.99 Å². The summed E-state index contributed by atoms with van der Waals surface area (Å²) in [5, 5.41) is -3.06. The van der Waals surface area contributed by atoms with Crippen LogP contribution in [0, 0.1) is 5.82 Å². The molecule has 0 radical (unpaired) electrons. The molecule has 3 atom stereocenters. The Hall–Kier alpha value is -2.76. The average molecular weight is 544 g/mol. The minimum absolute atomic E-state index is 0.0515. The van der Waals surface area contributed by atoms with Crippen molar-refractivity contribution in [3.05, 3.63) is 29.6 Å². The van der Waals surface area contributed by atoms with Crippen molar-refractivity contribution >= 4 is 33.5 Å². The number of anilines is 1. The van der Waals surface area contributed by atoms with E-state index in [-0.39, 0.29) is 18.5 Å². The van der Waals surface area contributed by atoms with Gasteiger partial charge in [0.1, 0.15) is 33.1 Å². The molecule has 9 nitrogen and oxygen atoms in total. The van der Waals surface area contributed by atoms with Crippen LogP contribution in [0.4, 0.5) is 24.1 Å². The molecular formula is C25H35F2N3O6S. The van der Waals surface area contributed by atoms with Gasteiger partial charge in [0.15, 0.2) is 0 Å². The molecule has 2 aliphatic rings. The van der Waals surface area contributed by atoms with Crippen molar-refractivity contribution in [3.8, 4) is 0 Å². The van der Waals surface area contributed by atoms with Crippen LogP contribution in [0.5, 0.6) is 0 Å². The number of hydrogen-bond acceptors (Lipinski definition) is 8. The van der Waals surface area contributed by atoms with Crippen LogP contribution in [-0.4, -0.2) is 52.3 Å². The molecule has 1 aromatic rings. The predicted molar refractivity (Wildman–Crippen MR) is 135 cm³/mol. The standard InChI is InChI=1S/C25H35F2N3O6S/c1-21(2,3)35-19(31)30(20(32)36-22(4,5)6)18-23(7)12-9-13-25(27,37(23,33)34)24(8,29-18)16-14-15(28)10-11-17(16)26/h10-11,14H,9,12-13,28H2,1-8H3/t23-,24-,25+/m1/s1. The van der Waals surface area contributed by atoms with Gasteiger partial charge in [-0.25, -0.2) is 26.8 Å². The van der Waals surface area contributed by atoms with E-state index in [1.165, 1.54) is 13.0 Å². The highest BCUT2D eigenvalue weighted by molar-refractivity contribution is 7.95. The highest BCUT2D eigenvalue weighted by atomic mass is 32.2. The van der Waals surface area contributed by atoms with E-state index in [0.717, 1.165) is 19.1 Å². The van der Waals surface area contributed by atoms with Crippen LogP contribution in [0.25, 0.3) is 0 Å². The highest BCUT2D eigenvalue weighted by Gasteiger charge is 2.73. The van der Waals surface area contributed by atoms with Crippen molar-refractivity contribution in [2.75, 3.05) is 5.73 Å². The van der Waals surface area contributed by atoms with Gasteiger partial charge in [0.25, 0.3) is 0 Å². The molecule has 206 valence electrons. The lowest BCUT2D eigenvalue weighted by Gasteiger charge is -2.53. The third-order valence-corrected chi connectivity index (χ3v) is 9.61. The second-order valence-corrected chi connectivity index (χ2v) is 14.4. The molecule has 12 heteroatoms. The summed E-state index contributed by atoms with van der Waals surface area (Å²) in [6, 6.07) is 3.33. The average Bonchev–Trinajstić information content (AvgIpc) is 2.69. The fraction of sp³-hybridized carbons (Fsp3) is 0.640. The Kier molecular flexibility index (Phi) is 6.73. The topological polar surface area (TPSA) is 128 Å². The van der Waals surface area contributed by atoms with Gasteiger partial charge in [-0.1, -0.05) is 0 Å². The lowest BCUT2D eigenvalue weighted by atomic mass is 9.80. The molecule has 1 fully saturated rings. The summed E-state index contributed by atoms with van der Waals surface area (Å²) in [6.45, 7) is 11.6. The van der Waals surface area contributed by atoms with Gasteiger partial charge < -0.3 is 15.2 Å².